The first-order chi connectivity index (χ1) is 12.2. The molecule has 3 heterocycles. The van der Waals surface area contributed by atoms with Crippen LogP contribution in [0.25, 0.3) is 0 Å². The highest BCUT2D eigenvalue weighted by atomic mass is 16.5. The van der Waals surface area contributed by atoms with Crippen LogP contribution in [0.3, 0.4) is 0 Å². The average molecular weight is 344 g/mol. The Morgan fingerprint density at radius 1 is 1.20 bits per heavy atom. The van der Waals surface area contributed by atoms with E-state index in [4.69, 9.17) is 9.47 Å². The first kappa shape index (κ1) is 16.9. The van der Waals surface area contributed by atoms with E-state index in [0.717, 1.165) is 64.3 Å². The number of carbonyl (C=O) groups is 1. The van der Waals surface area contributed by atoms with Gasteiger partial charge in [0.25, 0.3) is 0 Å². The molecule has 0 N–H and O–H groups in total. The van der Waals surface area contributed by atoms with Gasteiger partial charge in [-0.15, -0.1) is 0 Å². The molecular weight excluding hydrogens is 316 g/mol. The van der Waals surface area contributed by atoms with E-state index in [2.05, 4.69) is 21.9 Å². The molecule has 3 aliphatic heterocycles. The van der Waals surface area contributed by atoms with E-state index in [0.29, 0.717) is 11.8 Å². The topological polar surface area (TPSA) is 42.0 Å². The number of methoxy groups -OCH3 is 1. The quantitative estimate of drug-likeness (QED) is 0.839. The smallest absolute Gasteiger partial charge is 0.227 e. The van der Waals surface area contributed by atoms with Gasteiger partial charge in [0.05, 0.1) is 19.1 Å². The van der Waals surface area contributed by atoms with Crippen LogP contribution < -0.4 is 4.74 Å². The van der Waals surface area contributed by atoms with E-state index < -0.39 is 0 Å². The number of hydrogen-bond donors (Lipinski definition) is 0. The Morgan fingerprint density at radius 2 is 1.96 bits per heavy atom. The third-order valence-electron chi connectivity index (χ3n) is 5.97. The number of ether oxygens (including phenoxy) is 2. The first-order valence-electron chi connectivity index (χ1n) is 9.50. The largest absolute Gasteiger partial charge is 0.497 e. The molecule has 3 aliphatic rings. The molecule has 1 aromatic carbocycles. The summed E-state index contributed by atoms with van der Waals surface area (Å²) >= 11 is 0. The van der Waals surface area contributed by atoms with Crippen LogP contribution in [0.5, 0.6) is 5.75 Å². The summed E-state index contributed by atoms with van der Waals surface area (Å²) in [5.74, 6) is 1.74. The summed E-state index contributed by atoms with van der Waals surface area (Å²) in [5, 5.41) is 0. The van der Waals surface area contributed by atoms with E-state index in [1.54, 1.807) is 7.11 Å². The van der Waals surface area contributed by atoms with Gasteiger partial charge in [-0.1, -0.05) is 12.1 Å². The highest BCUT2D eigenvalue weighted by Crippen LogP contribution is 2.36. The first-order valence-corrected chi connectivity index (χ1v) is 9.50. The van der Waals surface area contributed by atoms with Crippen LogP contribution >= 0.6 is 0 Å². The number of piperidine rings is 1. The zero-order valence-corrected chi connectivity index (χ0v) is 15.0. The van der Waals surface area contributed by atoms with Crippen molar-refractivity contribution in [3.8, 4) is 5.75 Å². The Balaban J connectivity index is 1.46. The predicted octanol–water partition coefficient (Wildman–Crippen LogP) is 2.15. The van der Waals surface area contributed by atoms with Crippen LogP contribution in [0.2, 0.25) is 0 Å². The molecule has 3 saturated heterocycles. The Bertz CT molecular complexity index is 597. The van der Waals surface area contributed by atoms with Crippen molar-refractivity contribution in [1.82, 2.24) is 9.80 Å². The standard InChI is InChI=1S/C20H28N2O3/c1-24-16-6-4-15(5-7-16)12-21-13-18(17-8-11-25-19(17)14-21)20(23)22-9-2-3-10-22/h4-7,17-19H,2-3,8-14H2,1H3/t17-,18+,19+/m1/s1. The molecule has 0 saturated carbocycles. The van der Waals surface area contributed by atoms with Crippen LogP contribution in [-0.2, 0) is 16.1 Å². The van der Waals surface area contributed by atoms with Crippen LogP contribution in [0.15, 0.2) is 24.3 Å². The summed E-state index contributed by atoms with van der Waals surface area (Å²) in [5.41, 5.74) is 1.25. The number of rotatable bonds is 4. The van der Waals surface area contributed by atoms with E-state index in [1.807, 2.05) is 12.1 Å². The number of fused-ring (bicyclic) bond motifs is 1. The zero-order chi connectivity index (χ0) is 17.2. The van der Waals surface area contributed by atoms with Gasteiger partial charge in [0.1, 0.15) is 5.75 Å². The van der Waals surface area contributed by atoms with Crippen molar-refractivity contribution in [2.24, 2.45) is 11.8 Å². The maximum atomic E-state index is 13.1. The van der Waals surface area contributed by atoms with Crippen molar-refractivity contribution in [3.05, 3.63) is 29.8 Å². The number of carbonyl (C=O) groups excluding carboxylic acids is 1. The van der Waals surface area contributed by atoms with Gasteiger partial charge in [-0.2, -0.15) is 0 Å². The van der Waals surface area contributed by atoms with Gasteiger partial charge in [-0.05, 0) is 37.0 Å². The summed E-state index contributed by atoms with van der Waals surface area (Å²) in [4.78, 5) is 17.5. The molecule has 0 aliphatic carbocycles. The Morgan fingerprint density at radius 3 is 2.68 bits per heavy atom. The fourth-order valence-electron chi connectivity index (χ4n) is 4.61. The van der Waals surface area contributed by atoms with Crippen molar-refractivity contribution >= 4 is 5.91 Å². The lowest BCUT2D eigenvalue weighted by molar-refractivity contribution is -0.140. The van der Waals surface area contributed by atoms with Crippen LogP contribution in [0.1, 0.15) is 24.8 Å². The monoisotopic (exact) mass is 344 g/mol. The number of likely N-dealkylation sites (tertiary alicyclic amines) is 2. The highest BCUT2D eigenvalue weighted by Gasteiger charge is 2.45. The molecule has 0 unspecified atom stereocenters. The SMILES string of the molecule is COc1ccc(CN2C[C@@H]3OCC[C@@H]3[C@@H](C(=O)N3CCCC3)C2)cc1. The Kier molecular flexibility index (Phi) is 4.95. The number of amides is 1. The molecule has 5 heteroatoms. The van der Waals surface area contributed by atoms with Gasteiger partial charge in [0, 0.05) is 45.2 Å². The summed E-state index contributed by atoms with van der Waals surface area (Å²) in [6, 6.07) is 8.22. The van der Waals surface area contributed by atoms with Crippen LogP contribution in [0.4, 0.5) is 0 Å². The summed E-state index contributed by atoms with van der Waals surface area (Å²) < 4.78 is 11.2. The van der Waals surface area contributed by atoms with Crippen molar-refractivity contribution in [3.63, 3.8) is 0 Å². The van der Waals surface area contributed by atoms with E-state index in [-0.39, 0.29) is 12.0 Å². The van der Waals surface area contributed by atoms with Crippen molar-refractivity contribution < 1.29 is 14.3 Å². The molecule has 3 atom stereocenters. The minimum Gasteiger partial charge on any atom is -0.497 e. The molecule has 0 radical (unpaired) electrons. The zero-order valence-electron chi connectivity index (χ0n) is 15.0. The molecule has 25 heavy (non-hydrogen) atoms. The molecule has 0 aromatic heterocycles. The molecule has 5 nitrogen and oxygen atoms in total. The molecular formula is C20H28N2O3. The lowest BCUT2D eigenvalue weighted by atomic mass is 9.81. The predicted molar refractivity (Wildman–Crippen MR) is 95.4 cm³/mol. The number of benzene rings is 1. The summed E-state index contributed by atoms with van der Waals surface area (Å²) in [6.45, 7) is 5.32. The second-order valence-electron chi connectivity index (χ2n) is 7.54. The van der Waals surface area contributed by atoms with Crippen molar-refractivity contribution in [1.29, 1.82) is 0 Å². The fraction of sp³-hybridized carbons (Fsp3) is 0.650. The normalized spacial score (nSPS) is 29.6. The van der Waals surface area contributed by atoms with Gasteiger partial charge in [-0.25, -0.2) is 0 Å². The highest BCUT2D eigenvalue weighted by molar-refractivity contribution is 5.80. The average Bonchev–Trinajstić information content (AvgIpc) is 3.33. The van der Waals surface area contributed by atoms with Crippen molar-refractivity contribution in [2.45, 2.75) is 31.9 Å². The van der Waals surface area contributed by atoms with Crippen LogP contribution in [0, 0.1) is 11.8 Å². The van der Waals surface area contributed by atoms with Gasteiger partial charge in [0.15, 0.2) is 0 Å². The lowest BCUT2D eigenvalue weighted by Gasteiger charge is -2.40. The minimum absolute atomic E-state index is 0.0950. The second kappa shape index (κ2) is 7.34. The third-order valence-corrected chi connectivity index (χ3v) is 5.97. The molecule has 3 fully saturated rings. The summed E-state index contributed by atoms with van der Waals surface area (Å²) in [7, 11) is 1.69. The van der Waals surface area contributed by atoms with Gasteiger partial charge in [-0.3, -0.25) is 9.69 Å². The summed E-state index contributed by atoms with van der Waals surface area (Å²) in [6.07, 6.45) is 3.55. The Labute approximate surface area is 149 Å². The molecule has 4 rings (SSSR count). The van der Waals surface area contributed by atoms with E-state index >= 15 is 0 Å². The molecule has 1 aromatic rings. The number of hydrogen-bond acceptors (Lipinski definition) is 4. The molecule has 0 spiro atoms. The maximum Gasteiger partial charge on any atom is 0.227 e. The van der Waals surface area contributed by atoms with Gasteiger partial charge >= 0.3 is 0 Å². The van der Waals surface area contributed by atoms with Crippen molar-refractivity contribution in [2.75, 3.05) is 39.9 Å². The second-order valence-corrected chi connectivity index (χ2v) is 7.54. The lowest BCUT2D eigenvalue weighted by Crippen LogP contribution is -2.52. The third kappa shape index (κ3) is 3.53. The van der Waals surface area contributed by atoms with Crippen LogP contribution in [-0.4, -0.2) is 61.7 Å². The number of nitrogens with zero attached hydrogens (tertiary/aromatic N) is 2. The van der Waals surface area contributed by atoms with E-state index in [9.17, 15) is 4.79 Å². The van der Waals surface area contributed by atoms with E-state index in [1.165, 1.54) is 5.56 Å². The minimum atomic E-state index is 0.0950. The molecule has 0 bridgehead atoms. The Hall–Kier alpha value is -1.59. The fourth-order valence-corrected chi connectivity index (χ4v) is 4.61. The maximum absolute atomic E-state index is 13.1. The molecule has 1 amide bonds. The van der Waals surface area contributed by atoms with Gasteiger partial charge in [0.2, 0.25) is 5.91 Å². The molecule has 136 valence electrons. The van der Waals surface area contributed by atoms with Gasteiger partial charge < -0.3 is 14.4 Å².